The summed E-state index contributed by atoms with van der Waals surface area (Å²) in [5.41, 5.74) is 0.694. The Morgan fingerprint density at radius 1 is 1.31 bits per heavy atom. The minimum Gasteiger partial charge on any atom is -0.502 e. The van der Waals surface area contributed by atoms with Gasteiger partial charge < -0.3 is 15.3 Å². The Bertz CT molecular complexity index is 1170. The molecule has 2 aliphatic heterocycles. The average molecular weight is 550 g/mol. The van der Waals surface area contributed by atoms with Crippen molar-refractivity contribution in [3.63, 3.8) is 0 Å². The van der Waals surface area contributed by atoms with Crippen molar-refractivity contribution < 1.29 is 14.7 Å². The Hall–Kier alpha value is -2.56. The number of aromatic hydroxyl groups is 1. The third kappa shape index (κ3) is 3.56. The molecule has 4 rings (SSSR count). The van der Waals surface area contributed by atoms with Crippen LogP contribution in [0.5, 0.6) is 5.75 Å². The Morgan fingerprint density at radius 2 is 2.03 bits per heavy atom. The second-order valence-corrected chi connectivity index (χ2v) is 10.3. The molecule has 3 heterocycles. The SMILES string of the molecule is CCN1C(=O)c2c(O)c(=O)c(C(=O)NCc3ccc(I)cc3C)cn2N2CCC(C)(C)[C@@H]12. The number of nitrogens with zero attached hydrogens (tertiary/aromatic N) is 3. The summed E-state index contributed by atoms with van der Waals surface area (Å²) in [5, 5.41) is 15.4. The lowest BCUT2D eigenvalue weighted by Gasteiger charge is -2.46. The zero-order chi connectivity index (χ0) is 23.4. The standard InChI is InChI=1S/C23H27IN4O4/c1-5-26-21(32)17-19(30)18(29)16(12-28(17)27-9-8-23(3,4)22(26)27)20(31)25-11-14-6-7-15(24)10-13(14)2/h6-7,10,12,22,30H,5,8-9,11H2,1-4H3,(H,25,31)/t22-/m0/s1. The lowest BCUT2D eigenvalue weighted by Crippen LogP contribution is -2.62. The summed E-state index contributed by atoms with van der Waals surface area (Å²) >= 11 is 2.23. The van der Waals surface area contributed by atoms with E-state index in [2.05, 4.69) is 41.8 Å². The topological polar surface area (TPSA) is 94.9 Å². The van der Waals surface area contributed by atoms with Gasteiger partial charge in [0.05, 0.1) is 0 Å². The first-order valence-electron chi connectivity index (χ1n) is 10.7. The largest absolute Gasteiger partial charge is 0.502 e. The summed E-state index contributed by atoms with van der Waals surface area (Å²) in [6.45, 7) is 9.38. The highest BCUT2D eigenvalue weighted by atomic mass is 127. The molecule has 9 heteroatoms. The molecule has 1 saturated heterocycles. The Kier molecular flexibility index (Phi) is 5.72. The fourth-order valence-corrected chi connectivity index (χ4v) is 5.36. The van der Waals surface area contributed by atoms with E-state index >= 15 is 0 Å². The summed E-state index contributed by atoms with van der Waals surface area (Å²) in [6.07, 6.45) is 2.01. The number of halogens is 1. The molecule has 0 bridgehead atoms. The molecule has 2 aliphatic rings. The molecule has 2 aromatic rings. The molecule has 2 N–H and O–H groups in total. The molecule has 32 heavy (non-hydrogen) atoms. The van der Waals surface area contributed by atoms with Gasteiger partial charge in [0, 0.05) is 34.8 Å². The van der Waals surface area contributed by atoms with Crippen molar-refractivity contribution in [1.82, 2.24) is 14.9 Å². The second kappa shape index (κ2) is 8.09. The van der Waals surface area contributed by atoms with Crippen LogP contribution in [-0.4, -0.2) is 45.8 Å². The number of carbonyl (C=O) groups excluding carboxylic acids is 2. The van der Waals surface area contributed by atoms with Gasteiger partial charge >= 0.3 is 0 Å². The maximum absolute atomic E-state index is 13.2. The van der Waals surface area contributed by atoms with Crippen LogP contribution in [0.2, 0.25) is 0 Å². The molecule has 1 atom stereocenters. The van der Waals surface area contributed by atoms with E-state index in [0.29, 0.717) is 13.1 Å². The van der Waals surface area contributed by atoms with E-state index in [4.69, 9.17) is 0 Å². The Morgan fingerprint density at radius 3 is 2.69 bits per heavy atom. The summed E-state index contributed by atoms with van der Waals surface area (Å²) in [7, 11) is 0. The van der Waals surface area contributed by atoms with Crippen LogP contribution in [0.25, 0.3) is 0 Å². The van der Waals surface area contributed by atoms with Crippen LogP contribution < -0.4 is 15.8 Å². The molecule has 1 fully saturated rings. The van der Waals surface area contributed by atoms with Gasteiger partial charge in [0.2, 0.25) is 5.43 Å². The maximum atomic E-state index is 13.2. The highest BCUT2D eigenvalue weighted by Gasteiger charge is 2.50. The predicted octanol–water partition coefficient (Wildman–Crippen LogP) is 2.57. The first-order valence-corrected chi connectivity index (χ1v) is 11.7. The summed E-state index contributed by atoms with van der Waals surface area (Å²) in [4.78, 5) is 40.6. The van der Waals surface area contributed by atoms with E-state index in [1.54, 1.807) is 4.90 Å². The van der Waals surface area contributed by atoms with Crippen LogP contribution in [0.15, 0.2) is 29.2 Å². The summed E-state index contributed by atoms with van der Waals surface area (Å²) in [5.74, 6) is -1.67. The molecule has 1 aromatic heterocycles. The van der Waals surface area contributed by atoms with Gasteiger partial charge in [0.1, 0.15) is 11.7 Å². The zero-order valence-corrected chi connectivity index (χ0v) is 20.8. The molecule has 170 valence electrons. The van der Waals surface area contributed by atoms with E-state index in [-0.39, 0.29) is 29.4 Å². The van der Waals surface area contributed by atoms with Crippen LogP contribution in [0.1, 0.15) is 59.2 Å². The Balaban J connectivity index is 1.71. The van der Waals surface area contributed by atoms with Crippen LogP contribution in [0.3, 0.4) is 0 Å². The van der Waals surface area contributed by atoms with Crippen LogP contribution in [0.4, 0.5) is 0 Å². The predicted molar refractivity (Wildman–Crippen MR) is 129 cm³/mol. The van der Waals surface area contributed by atoms with Crippen molar-refractivity contribution in [2.75, 3.05) is 18.1 Å². The molecule has 0 unspecified atom stereocenters. The fraction of sp³-hybridized carbons (Fsp3) is 0.435. The number of nitrogens with one attached hydrogen (secondary N) is 1. The van der Waals surface area contributed by atoms with Crippen molar-refractivity contribution in [3.8, 4) is 5.75 Å². The van der Waals surface area contributed by atoms with E-state index in [1.165, 1.54) is 10.9 Å². The third-order valence-electron chi connectivity index (χ3n) is 6.50. The number of amides is 2. The van der Waals surface area contributed by atoms with E-state index in [9.17, 15) is 19.5 Å². The highest BCUT2D eigenvalue weighted by Crippen LogP contribution is 2.41. The van der Waals surface area contributed by atoms with Gasteiger partial charge in [0.25, 0.3) is 11.8 Å². The Labute approximate surface area is 200 Å². The van der Waals surface area contributed by atoms with Gasteiger partial charge in [-0.05, 0) is 66.1 Å². The van der Waals surface area contributed by atoms with Gasteiger partial charge in [-0.25, -0.2) is 0 Å². The van der Waals surface area contributed by atoms with Crippen molar-refractivity contribution in [3.05, 3.63) is 60.6 Å². The van der Waals surface area contributed by atoms with E-state index in [0.717, 1.165) is 21.1 Å². The number of fused-ring (bicyclic) bond motifs is 3. The smallest absolute Gasteiger partial charge is 0.278 e. The minimum atomic E-state index is -0.839. The molecule has 0 aliphatic carbocycles. The second-order valence-electron chi connectivity index (χ2n) is 9.03. The van der Waals surface area contributed by atoms with Gasteiger partial charge in [-0.2, -0.15) is 0 Å². The molecule has 8 nitrogen and oxygen atoms in total. The molecular formula is C23H27IN4O4. The van der Waals surface area contributed by atoms with Crippen molar-refractivity contribution in [2.24, 2.45) is 5.41 Å². The first kappa shape index (κ1) is 22.6. The number of pyridine rings is 1. The molecule has 2 amide bonds. The minimum absolute atomic E-state index is 0.0872. The lowest BCUT2D eigenvalue weighted by atomic mass is 9.88. The normalized spacial score (nSPS) is 19.0. The highest BCUT2D eigenvalue weighted by molar-refractivity contribution is 14.1. The molecule has 1 aromatic carbocycles. The zero-order valence-electron chi connectivity index (χ0n) is 18.6. The van der Waals surface area contributed by atoms with Crippen molar-refractivity contribution >= 4 is 34.4 Å². The number of rotatable bonds is 4. The van der Waals surface area contributed by atoms with Crippen LogP contribution >= 0.6 is 22.6 Å². The molecule has 0 spiro atoms. The number of carbonyl (C=O) groups is 2. The van der Waals surface area contributed by atoms with Gasteiger partial charge in [0.15, 0.2) is 11.4 Å². The van der Waals surface area contributed by atoms with E-state index in [1.807, 2.05) is 37.1 Å². The van der Waals surface area contributed by atoms with Crippen LogP contribution in [-0.2, 0) is 6.54 Å². The third-order valence-corrected chi connectivity index (χ3v) is 7.17. The quantitative estimate of drug-likeness (QED) is 0.571. The van der Waals surface area contributed by atoms with Gasteiger partial charge in [-0.15, -0.1) is 0 Å². The molecule has 0 saturated carbocycles. The van der Waals surface area contributed by atoms with Crippen LogP contribution in [0, 0.1) is 15.9 Å². The monoisotopic (exact) mass is 550 g/mol. The molecule has 0 radical (unpaired) electrons. The number of benzene rings is 1. The maximum Gasteiger partial charge on any atom is 0.278 e. The number of aromatic nitrogens is 1. The van der Waals surface area contributed by atoms with Gasteiger partial charge in [-0.3, -0.25) is 24.1 Å². The first-order chi connectivity index (χ1) is 15.1. The average Bonchev–Trinajstić information content (AvgIpc) is 3.05. The number of aryl methyl sites for hydroxylation is 1. The van der Waals surface area contributed by atoms with Crippen molar-refractivity contribution in [2.45, 2.75) is 46.8 Å². The van der Waals surface area contributed by atoms with Gasteiger partial charge in [-0.1, -0.05) is 19.9 Å². The number of hydrogen-bond donors (Lipinski definition) is 2. The van der Waals surface area contributed by atoms with E-state index < -0.39 is 23.0 Å². The number of hydrogen-bond acceptors (Lipinski definition) is 5. The molecular weight excluding hydrogens is 523 g/mol. The summed E-state index contributed by atoms with van der Waals surface area (Å²) < 4.78 is 2.61. The summed E-state index contributed by atoms with van der Waals surface area (Å²) in [6, 6.07) is 5.90. The van der Waals surface area contributed by atoms with Crippen molar-refractivity contribution in [1.29, 1.82) is 0 Å². The lowest BCUT2D eigenvalue weighted by molar-refractivity contribution is 0.0452. The fourth-order valence-electron chi connectivity index (χ4n) is 4.71.